The molecular formula is C19H24FN3O2. The lowest BCUT2D eigenvalue weighted by molar-refractivity contribution is -0.139. The molecule has 25 heavy (non-hydrogen) atoms. The number of nitrogens with zero attached hydrogens (tertiary/aromatic N) is 3. The second kappa shape index (κ2) is 7.89. The van der Waals surface area contributed by atoms with Crippen LogP contribution in [0.15, 0.2) is 30.5 Å². The average Bonchev–Trinajstić information content (AvgIpc) is 2.60. The van der Waals surface area contributed by atoms with Crippen LogP contribution in [0.4, 0.5) is 4.39 Å². The van der Waals surface area contributed by atoms with Gasteiger partial charge in [-0.25, -0.2) is 4.39 Å². The van der Waals surface area contributed by atoms with E-state index in [0.717, 1.165) is 48.9 Å². The van der Waals surface area contributed by atoms with Crippen LogP contribution in [0.2, 0.25) is 0 Å². The van der Waals surface area contributed by atoms with E-state index >= 15 is 0 Å². The van der Waals surface area contributed by atoms with Crippen LogP contribution in [0, 0.1) is 5.82 Å². The van der Waals surface area contributed by atoms with Crippen LogP contribution < -0.4 is 0 Å². The number of carboxylic acids is 1. The summed E-state index contributed by atoms with van der Waals surface area (Å²) in [6, 6.07) is 7.10. The minimum Gasteiger partial charge on any atom is -0.480 e. The number of fused-ring (bicyclic) bond motifs is 1. The third-order valence-electron chi connectivity index (χ3n) is 4.96. The van der Waals surface area contributed by atoms with Crippen molar-refractivity contribution in [2.75, 3.05) is 26.2 Å². The van der Waals surface area contributed by atoms with Crippen LogP contribution in [-0.2, 0) is 11.3 Å². The first-order valence-electron chi connectivity index (χ1n) is 8.78. The zero-order valence-electron chi connectivity index (χ0n) is 14.5. The molecule has 1 N–H and O–H groups in total. The smallest absolute Gasteiger partial charge is 0.317 e. The van der Waals surface area contributed by atoms with Crippen molar-refractivity contribution in [3.8, 4) is 0 Å². The Morgan fingerprint density at radius 3 is 2.84 bits per heavy atom. The van der Waals surface area contributed by atoms with Gasteiger partial charge < -0.3 is 5.11 Å². The number of aliphatic carboxylic acids is 1. The van der Waals surface area contributed by atoms with Crippen LogP contribution in [0.3, 0.4) is 0 Å². The van der Waals surface area contributed by atoms with Gasteiger partial charge in [-0.05, 0) is 56.2 Å². The molecule has 3 rings (SSSR count). The standard InChI is InChI=1S/C19H24FN3O2/c1-2-23(13-18(24)25)17-5-8-22(9-6-17)12-15-11-16(20)10-14-4-3-7-21-19(14)15/h3-4,7,10-11,17H,2,5-6,8-9,12-13H2,1H3,(H,24,25). The minimum atomic E-state index is -0.776. The van der Waals surface area contributed by atoms with Gasteiger partial charge in [-0.3, -0.25) is 19.6 Å². The summed E-state index contributed by atoms with van der Waals surface area (Å²) >= 11 is 0. The summed E-state index contributed by atoms with van der Waals surface area (Å²) in [6.07, 6.45) is 3.60. The summed E-state index contributed by atoms with van der Waals surface area (Å²) in [5, 5.41) is 9.85. The quantitative estimate of drug-likeness (QED) is 0.872. The second-order valence-corrected chi connectivity index (χ2v) is 6.60. The molecule has 0 unspecified atom stereocenters. The number of halogens is 1. The maximum Gasteiger partial charge on any atom is 0.317 e. The Morgan fingerprint density at radius 1 is 1.40 bits per heavy atom. The number of benzene rings is 1. The number of likely N-dealkylation sites (tertiary alicyclic amines) is 1. The maximum atomic E-state index is 13.9. The Balaban J connectivity index is 1.66. The first-order valence-corrected chi connectivity index (χ1v) is 8.78. The second-order valence-electron chi connectivity index (χ2n) is 6.60. The van der Waals surface area contributed by atoms with Gasteiger partial charge in [0.1, 0.15) is 5.82 Å². The van der Waals surface area contributed by atoms with Gasteiger partial charge in [0.2, 0.25) is 0 Å². The predicted molar refractivity (Wildman–Crippen MR) is 94.9 cm³/mol. The predicted octanol–water partition coefficient (Wildman–Crippen LogP) is 2.74. The Labute approximate surface area is 147 Å². The molecule has 0 spiro atoms. The topological polar surface area (TPSA) is 56.7 Å². The molecule has 134 valence electrons. The maximum absolute atomic E-state index is 13.9. The monoisotopic (exact) mass is 345 g/mol. The molecule has 0 saturated carbocycles. The van der Waals surface area contributed by atoms with Gasteiger partial charge in [0.25, 0.3) is 0 Å². The largest absolute Gasteiger partial charge is 0.480 e. The lowest BCUT2D eigenvalue weighted by Gasteiger charge is -2.37. The fourth-order valence-corrected chi connectivity index (χ4v) is 3.70. The molecule has 0 aliphatic carbocycles. The summed E-state index contributed by atoms with van der Waals surface area (Å²) in [4.78, 5) is 19.7. The van der Waals surface area contributed by atoms with E-state index in [4.69, 9.17) is 5.11 Å². The zero-order valence-corrected chi connectivity index (χ0v) is 14.5. The zero-order chi connectivity index (χ0) is 17.8. The molecule has 1 saturated heterocycles. The van der Waals surface area contributed by atoms with E-state index in [-0.39, 0.29) is 12.4 Å². The van der Waals surface area contributed by atoms with Gasteiger partial charge in [0, 0.05) is 24.2 Å². The van der Waals surface area contributed by atoms with Crippen LogP contribution in [-0.4, -0.2) is 58.1 Å². The van der Waals surface area contributed by atoms with E-state index in [0.29, 0.717) is 12.6 Å². The Morgan fingerprint density at radius 2 is 2.16 bits per heavy atom. The average molecular weight is 345 g/mol. The highest BCUT2D eigenvalue weighted by Crippen LogP contribution is 2.23. The van der Waals surface area contributed by atoms with E-state index in [2.05, 4.69) is 9.88 Å². The molecule has 1 aromatic heterocycles. The van der Waals surface area contributed by atoms with Gasteiger partial charge in [0.15, 0.2) is 0 Å². The molecule has 2 heterocycles. The molecule has 0 atom stereocenters. The number of carbonyl (C=O) groups is 1. The molecule has 5 nitrogen and oxygen atoms in total. The summed E-state index contributed by atoms with van der Waals surface area (Å²) in [5.74, 6) is -1.01. The summed E-state index contributed by atoms with van der Waals surface area (Å²) in [6.45, 7) is 5.27. The lowest BCUT2D eigenvalue weighted by Crippen LogP contribution is -2.46. The van der Waals surface area contributed by atoms with Gasteiger partial charge in [-0.2, -0.15) is 0 Å². The highest BCUT2D eigenvalue weighted by atomic mass is 19.1. The van der Waals surface area contributed by atoms with Crippen LogP contribution >= 0.6 is 0 Å². The Hall–Kier alpha value is -2.05. The number of rotatable bonds is 6. The fourth-order valence-electron chi connectivity index (χ4n) is 3.70. The van der Waals surface area contributed by atoms with E-state index in [1.165, 1.54) is 6.07 Å². The molecule has 1 aliphatic rings. The number of aromatic nitrogens is 1. The summed E-state index contributed by atoms with van der Waals surface area (Å²) in [5.41, 5.74) is 1.76. The third kappa shape index (κ3) is 4.32. The first kappa shape index (κ1) is 17.8. The number of piperidine rings is 1. The van der Waals surface area contributed by atoms with E-state index in [1.807, 2.05) is 24.0 Å². The molecule has 6 heteroatoms. The molecule has 1 fully saturated rings. The van der Waals surface area contributed by atoms with Crippen molar-refractivity contribution < 1.29 is 14.3 Å². The SMILES string of the molecule is CCN(CC(=O)O)C1CCN(Cc2cc(F)cc3cccnc23)CC1. The lowest BCUT2D eigenvalue weighted by atomic mass is 10.0. The normalized spacial score (nSPS) is 16.6. The summed E-state index contributed by atoms with van der Waals surface area (Å²) < 4.78 is 13.9. The molecule has 1 aliphatic heterocycles. The van der Waals surface area contributed by atoms with Crippen molar-refractivity contribution in [1.82, 2.24) is 14.8 Å². The van der Waals surface area contributed by atoms with Gasteiger partial charge in [-0.1, -0.05) is 13.0 Å². The van der Waals surface area contributed by atoms with Crippen LogP contribution in [0.1, 0.15) is 25.3 Å². The first-order chi connectivity index (χ1) is 12.1. The summed E-state index contributed by atoms with van der Waals surface area (Å²) in [7, 11) is 0. The number of hydrogen-bond donors (Lipinski definition) is 1. The number of hydrogen-bond acceptors (Lipinski definition) is 4. The van der Waals surface area contributed by atoms with E-state index < -0.39 is 5.97 Å². The van der Waals surface area contributed by atoms with Crippen molar-refractivity contribution in [3.63, 3.8) is 0 Å². The molecule has 1 aromatic carbocycles. The fraction of sp³-hybridized carbons (Fsp3) is 0.474. The van der Waals surface area contributed by atoms with E-state index in [9.17, 15) is 9.18 Å². The Bertz CT molecular complexity index is 745. The number of carboxylic acid groups (broad SMARTS) is 1. The number of pyridine rings is 1. The van der Waals surface area contributed by atoms with Crippen molar-refractivity contribution in [2.24, 2.45) is 0 Å². The van der Waals surface area contributed by atoms with Gasteiger partial charge >= 0.3 is 5.97 Å². The van der Waals surface area contributed by atoms with Gasteiger partial charge in [0.05, 0.1) is 12.1 Å². The van der Waals surface area contributed by atoms with Crippen LogP contribution in [0.25, 0.3) is 10.9 Å². The number of likely N-dealkylation sites (N-methyl/N-ethyl adjacent to an activating group) is 1. The van der Waals surface area contributed by atoms with Gasteiger partial charge in [-0.15, -0.1) is 0 Å². The van der Waals surface area contributed by atoms with Crippen molar-refractivity contribution in [1.29, 1.82) is 0 Å². The van der Waals surface area contributed by atoms with E-state index in [1.54, 1.807) is 12.3 Å². The third-order valence-corrected chi connectivity index (χ3v) is 4.96. The van der Waals surface area contributed by atoms with Crippen LogP contribution in [0.5, 0.6) is 0 Å². The molecule has 0 amide bonds. The molecule has 0 radical (unpaired) electrons. The minimum absolute atomic E-state index is 0.0968. The molecule has 0 bridgehead atoms. The molecule has 2 aromatic rings. The van der Waals surface area contributed by atoms with Crippen molar-refractivity contribution in [3.05, 3.63) is 41.8 Å². The van der Waals surface area contributed by atoms with Crippen molar-refractivity contribution >= 4 is 16.9 Å². The Kier molecular flexibility index (Phi) is 5.60. The van der Waals surface area contributed by atoms with Crippen molar-refractivity contribution in [2.45, 2.75) is 32.4 Å². The molecular weight excluding hydrogens is 321 g/mol. The highest BCUT2D eigenvalue weighted by molar-refractivity contribution is 5.81. The highest BCUT2D eigenvalue weighted by Gasteiger charge is 2.25.